The number of aromatic hydroxyl groups is 5. The maximum Gasteiger partial charge on any atom is 0.208 e. The minimum atomic E-state index is -1.05. The lowest BCUT2D eigenvalue weighted by Gasteiger charge is -2.16. The maximum atomic E-state index is 11.2. The molecule has 8 aromatic carbocycles. The van der Waals surface area contributed by atoms with Gasteiger partial charge in [0.1, 0.15) is 11.2 Å². The second-order valence-electron chi connectivity index (χ2n) is 15.0. The van der Waals surface area contributed by atoms with Crippen LogP contribution in [0.15, 0.2) is 180 Å². The number of hydrogen-bond acceptors (Lipinski definition) is 7. The number of nitrogens with zero attached hydrogens (tertiary/aromatic N) is 2. The van der Waals surface area contributed by atoms with Gasteiger partial charge in [0, 0.05) is 27.3 Å². The summed E-state index contributed by atoms with van der Waals surface area (Å²) in [5.74, 6) is -4.69. The first kappa shape index (κ1) is 35.7. The molecule has 0 saturated carbocycles. The van der Waals surface area contributed by atoms with Crippen LogP contribution >= 0.6 is 0 Å². The number of aromatic nitrogens is 2. The topological polar surface area (TPSA) is 132 Å². The fourth-order valence-electron chi connectivity index (χ4n) is 8.72. The zero-order valence-corrected chi connectivity index (χ0v) is 32.3. The van der Waals surface area contributed by atoms with Gasteiger partial charge in [0.2, 0.25) is 17.2 Å². The highest BCUT2D eigenvalue weighted by atomic mass is 16.4. The average Bonchev–Trinajstić information content (AvgIpc) is 3.87. The van der Waals surface area contributed by atoms with Gasteiger partial charge >= 0.3 is 0 Å². The summed E-state index contributed by atoms with van der Waals surface area (Å²) in [4.78, 5) is 4.83. The van der Waals surface area contributed by atoms with Gasteiger partial charge in [-0.15, -0.1) is 0 Å². The van der Waals surface area contributed by atoms with E-state index < -0.39 is 28.7 Å². The molecule has 292 valence electrons. The second kappa shape index (κ2) is 13.8. The van der Waals surface area contributed by atoms with Crippen LogP contribution in [-0.4, -0.2) is 35.1 Å². The van der Waals surface area contributed by atoms with Gasteiger partial charge in [0.25, 0.3) is 0 Å². The average molecular weight is 795 g/mol. The molecule has 0 aliphatic rings. The van der Waals surface area contributed by atoms with E-state index in [1.165, 1.54) is 0 Å². The van der Waals surface area contributed by atoms with Crippen molar-refractivity contribution in [2.24, 2.45) is 0 Å². The highest BCUT2D eigenvalue weighted by Crippen LogP contribution is 2.55. The molecule has 0 spiro atoms. The predicted octanol–water partition coefficient (Wildman–Crippen LogP) is 12.9. The minimum absolute atomic E-state index is 0.0434. The molecule has 11 rings (SSSR count). The fraction of sp³-hybridized carbons (Fsp3) is 0. The number of pyridine rings is 1. The second-order valence-corrected chi connectivity index (χ2v) is 15.0. The smallest absolute Gasteiger partial charge is 0.208 e. The normalized spacial score (nSPS) is 11.6. The Bertz CT molecular complexity index is 3490. The van der Waals surface area contributed by atoms with Gasteiger partial charge in [-0.05, 0) is 76.3 Å². The molecule has 5 N–H and O–H groups in total. The van der Waals surface area contributed by atoms with Gasteiger partial charge in [-0.2, -0.15) is 0 Å². The van der Waals surface area contributed by atoms with Crippen LogP contribution in [0.2, 0.25) is 0 Å². The number of hydrogen-bond donors (Lipinski definition) is 5. The van der Waals surface area contributed by atoms with Crippen molar-refractivity contribution in [3.63, 3.8) is 0 Å². The van der Waals surface area contributed by atoms with Crippen molar-refractivity contribution in [3.8, 4) is 90.3 Å². The minimum Gasteiger partial charge on any atom is -0.504 e. The van der Waals surface area contributed by atoms with E-state index in [0.29, 0.717) is 22.4 Å². The molecule has 11 aromatic rings. The van der Waals surface area contributed by atoms with E-state index in [0.717, 1.165) is 71.6 Å². The third-order valence-electron chi connectivity index (χ3n) is 11.6. The molecule has 0 radical (unpaired) electrons. The molecular formula is C53H34N2O6. The van der Waals surface area contributed by atoms with Crippen molar-refractivity contribution < 1.29 is 29.9 Å². The van der Waals surface area contributed by atoms with Crippen LogP contribution in [0, 0.1) is 0 Å². The van der Waals surface area contributed by atoms with E-state index in [-0.39, 0.29) is 11.3 Å². The Hall–Kier alpha value is -8.49. The highest BCUT2D eigenvalue weighted by Gasteiger charge is 2.28. The summed E-state index contributed by atoms with van der Waals surface area (Å²) >= 11 is 0. The summed E-state index contributed by atoms with van der Waals surface area (Å²) < 4.78 is 9.24. The number of phenolic OH excluding ortho intramolecular Hbond substituents is 5. The third-order valence-corrected chi connectivity index (χ3v) is 11.6. The quantitative estimate of drug-likeness (QED) is 0.0836. The third kappa shape index (κ3) is 5.57. The van der Waals surface area contributed by atoms with Crippen LogP contribution in [0.4, 0.5) is 0 Å². The number of furan rings is 1. The Balaban J connectivity index is 1.25. The maximum absolute atomic E-state index is 11.2. The Morgan fingerprint density at radius 3 is 1.70 bits per heavy atom. The van der Waals surface area contributed by atoms with Gasteiger partial charge in [-0.1, -0.05) is 127 Å². The lowest BCUT2D eigenvalue weighted by atomic mass is 9.92. The zero-order valence-electron chi connectivity index (χ0n) is 32.3. The van der Waals surface area contributed by atoms with E-state index in [9.17, 15) is 25.5 Å². The van der Waals surface area contributed by atoms with Crippen LogP contribution in [0.3, 0.4) is 0 Å². The summed E-state index contributed by atoms with van der Waals surface area (Å²) in [5, 5.41) is 57.7. The lowest BCUT2D eigenvalue weighted by molar-refractivity contribution is 0.330. The molecule has 0 fully saturated rings. The van der Waals surface area contributed by atoms with Crippen LogP contribution in [-0.2, 0) is 0 Å². The Morgan fingerprint density at radius 2 is 0.984 bits per heavy atom. The summed E-state index contributed by atoms with van der Waals surface area (Å²) in [6, 6.07) is 58.6. The first-order valence-corrected chi connectivity index (χ1v) is 19.8. The molecule has 0 bridgehead atoms. The Labute approximate surface area is 348 Å². The largest absolute Gasteiger partial charge is 0.504 e. The summed E-state index contributed by atoms with van der Waals surface area (Å²) in [5.41, 5.74) is 10.7. The molecule has 0 amide bonds. The van der Waals surface area contributed by atoms with Gasteiger partial charge in [-0.25, -0.2) is 4.98 Å². The molecule has 3 heterocycles. The van der Waals surface area contributed by atoms with Crippen molar-refractivity contribution in [1.29, 1.82) is 0 Å². The molecule has 0 unspecified atom stereocenters. The lowest BCUT2D eigenvalue weighted by Crippen LogP contribution is -1.96. The van der Waals surface area contributed by atoms with Crippen molar-refractivity contribution in [2.75, 3.05) is 0 Å². The Morgan fingerprint density at radius 1 is 0.393 bits per heavy atom. The van der Waals surface area contributed by atoms with E-state index in [2.05, 4.69) is 65.2 Å². The molecule has 8 heteroatoms. The van der Waals surface area contributed by atoms with Crippen molar-refractivity contribution in [1.82, 2.24) is 9.55 Å². The molecule has 3 aromatic heterocycles. The van der Waals surface area contributed by atoms with Gasteiger partial charge < -0.3 is 34.5 Å². The Kier molecular flexibility index (Phi) is 8.08. The number of para-hydroxylation sites is 1. The van der Waals surface area contributed by atoms with Crippen molar-refractivity contribution >= 4 is 43.7 Å². The number of phenols is 5. The highest BCUT2D eigenvalue weighted by molar-refractivity contribution is 6.21. The summed E-state index contributed by atoms with van der Waals surface area (Å²) in [6.45, 7) is 0. The van der Waals surface area contributed by atoms with Crippen LogP contribution < -0.4 is 0 Å². The van der Waals surface area contributed by atoms with E-state index >= 15 is 0 Å². The standard InChI is InChI=1S/C53H34N2O6/c56-48-46(49(57)51(59)52(60)50(48)58)40-29-34(28-39(54-40)32-17-8-3-9-18-32)35-24-25-36(31-15-6-2-7-16-31)53-45(35)47-43(21-12-22-44(47)61-53)55-41-20-11-10-19-37(41)38-27-33(23-26-42(38)55)30-13-4-1-5-14-30/h1-29,56-60H. The monoisotopic (exact) mass is 794 g/mol. The number of rotatable bonds is 6. The van der Waals surface area contributed by atoms with Crippen LogP contribution in [0.1, 0.15) is 0 Å². The van der Waals surface area contributed by atoms with Gasteiger partial charge in [-0.3, -0.25) is 0 Å². The van der Waals surface area contributed by atoms with Gasteiger partial charge in [0.15, 0.2) is 11.5 Å². The first-order chi connectivity index (χ1) is 29.9. The first-order valence-electron chi connectivity index (χ1n) is 19.8. The molecule has 0 aliphatic carbocycles. The van der Waals surface area contributed by atoms with Crippen LogP contribution in [0.5, 0.6) is 28.7 Å². The van der Waals surface area contributed by atoms with Crippen molar-refractivity contribution in [3.05, 3.63) is 176 Å². The SMILES string of the molecule is Oc1c(O)c(O)c(-c2cc(-c3ccc(-c4ccccc4)c4oc5cccc(-n6c7ccccc7c7cc(-c8ccccc8)ccc76)c5c34)cc(-c3ccccc3)n2)c(O)c1O. The molecule has 8 nitrogen and oxygen atoms in total. The van der Waals surface area contributed by atoms with E-state index in [4.69, 9.17) is 9.40 Å². The van der Waals surface area contributed by atoms with E-state index in [1.54, 1.807) is 6.07 Å². The summed E-state index contributed by atoms with van der Waals surface area (Å²) in [6.07, 6.45) is 0. The van der Waals surface area contributed by atoms with Crippen LogP contribution in [0.25, 0.3) is 105 Å². The predicted molar refractivity (Wildman–Crippen MR) is 241 cm³/mol. The molecule has 61 heavy (non-hydrogen) atoms. The zero-order chi connectivity index (χ0) is 41.4. The molecule has 0 saturated heterocycles. The number of fused-ring (bicyclic) bond motifs is 6. The number of benzene rings is 8. The van der Waals surface area contributed by atoms with Gasteiger partial charge in [0.05, 0.1) is 39.1 Å². The summed E-state index contributed by atoms with van der Waals surface area (Å²) in [7, 11) is 0. The van der Waals surface area contributed by atoms with Crippen molar-refractivity contribution in [2.45, 2.75) is 0 Å². The fourth-order valence-corrected chi connectivity index (χ4v) is 8.72. The van der Waals surface area contributed by atoms with E-state index in [1.807, 2.05) is 109 Å². The molecular weight excluding hydrogens is 761 g/mol. The molecule has 0 atom stereocenters. The molecule has 0 aliphatic heterocycles.